The molecule has 1 heterocycles. The van der Waals surface area contributed by atoms with Crippen LogP contribution in [0.25, 0.3) is 0 Å². The highest BCUT2D eigenvalue weighted by atomic mass is 16.6. The first kappa shape index (κ1) is 21.0. The molecule has 0 spiro atoms. The molecule has 1 amide bonds. The normalized spacial score (nSPS) is 14.4. The number of hydrogen-bond donors (Lipinski definition) is 2. The molecule has 0 saturated carbocycles. The number of aliphatic carboxylic acids is 1. The van der Waals surface area contributed by atoms with Gasteiger partial charge in [0.2, 0.25) is 0 Å². The molecule has 1 aliphatic heterocycles. The summed E-state index contributed by atoms with van der Waals surface area (Å²) in [5.74, 6) is -0.236. The molecule has 0 fully saturated rings. The van der Waals surface area contributed by atoms with Crippen LogP contribution >= 0.6 is 0 Å². The number of ether oxygens (including phenoxy) is 3. The van der Waals surface area contributed by atoms with E-state index in [9.17, 15) is 14.7 Å². The predicted molar refractivity (Wildman–Crippen MR) is 100 cm³/mol. The van der Waals surface area contributed by atoms with Crippen LogP contribution in [0, 0.1) is 0 Å². The van der Waals surface area contributed by atoms with E-state index in [0.29, 0.717) is 6.61 Å². The Bertz CT molecular complexity index is 692. The lowest BCUT2D eigenvalue weighted by Gasteiger charge is -2.20. The fourth-order valence-corrected chi connectivity index (χ4v) is 2.93. The van der Waals surface area contributed by atoms with Crippen molar-refractivity contribution in [3.8, 4) is 5.75 Å². The van der Waals surface area contributed by atoms with E-state index in [1.54, 1.807) is 20.8 Å². The van der Waals surface area contributed by atoms with E-state index < -0.39 is 23.8 Å². The lowest BCUT2D eigenvalue weighted by molar-refractivity contribution is -0.153. The quantitative estimate of drug-likeness (QED) is 0.756. The first-order chi connectivity index (χ1) is 12.5. The molecule has 0 aliphatic carbocycles. The second-order valence-corrected chi connectivity index (χ2v) is 7.91. The van der Waals surface area contributed by atoms with Crippen LogP contribution in [0.4, 0.5) is 4.79 Å². The molecular weight excluding hydrogens is 350 g/mol. The van der Waals surface area contributed by atoms with Crippen molar-refractivity contribution in [1.82, 2.24) is 5.32 Å². The molecular formula is C20H29NO6. The van der Waals surface area contributed by atoms with Gasteiger partial charge in [0.1, 0.15) is 11.4 Å². The number of hydrogen-bond acceptors (Lipinski definition) is 5. The minimum absolute atomic E-state index is 0.183. The molecule has 1 aliphatic rings. The summed E-state index contributed by atoms with van der Waals surface area (Å²) in [6.07, 6.45) is -0.605. The standard InChI is InChI=1S/C20H29NO6/c1-12(2)26-16(18(22)23)10-13-8-14-6-7-25-17(14)15(9-13)11-21-19(24)27-20(3,4)5/h8-9,12,16H,6-7,10-11H2,1-5H3,(H,21,24)(H,22,23). The van der Waals surface area contributed by atoms with Gasteiger partial charge in [-0.05, 0) is 45.7 Å². The number of carboxylic acid groups (broad SMARTS) is 1. The van der Waals surface area contributed by atoms with Gasteiger partial charge in [0.05, 0.1) is 12.7 Å². The predicted octanol–water partition coefficient (Wildman–Crippen LogP) is 3.07. The highest BCUT2D eigenvalue weighted by Crippen LogP contribution is 2.32. The van der Waals surface area contributed by atoms with E-state index in [2.05, 4.69) is 5.32 Å². The van der Waals surface area contributed by atoms with Gasteiger partial charge in [0.15, 0.2) is 6.10 Å². The van der Waals surface area contributed by atoms with Crippen molar-refractivity contribution in [3.63, 3.8) is 0 Å². The molecule has 0 bridgehead atoms. The molecule has 7 nitrogen and oxygen atoms in total. The zero-order chi connectivity index (χ0) is 20.2. The van der Waals surface area contributed by atoms with Crippen molar-refractivity contribution in [1.29, 1.82) is 0 Å². The van der Waals surface area contributed by atoms with Crippen LogP contribution in [0.1, 0.15) is 51.3 Å². The zero-order valence-electron chi connectivity index (χ0n) is 16.6. The van der Waals surface area contributed by atoms with Gasteiger partial charge < -0.3 is 24.6 Å². The number of fused-ring (bicyclic) bond motifs is 1. The maximum atomic E-state index is 11.9. The van der Waals surface area contributed by atoms with Crippen molar-refractivity contribution in [3.05, 3.63) is 28.8 Å². The summed E-state index contributed by atoms with van der Waals surface area (Å²) in [5.41, 5.74) is 2.09. The molecule has 27 heavy (non-hydrogen) atoms. The number of nitrogens with one attached hydrogen (secondary N) is 1. The number of carbonyl (C=O) groups excluding carboxylic acids is 1. The van der Waals surface area contributed by atoms with Gasteiger partial charge in [0, 0.05) is 24.9 Å². The van der Waals surface area contributed by atoms with Crippen molar-refractivity contribution in [2.24, 2.45) is 0 Å². The van der Waals surface area contributed by atoms with Crippen LogP contribution in [0.3, 0.4) is 0 Å². The molecule has 0 radical (unpaired) electrons. The van der Waals surface area contributed by atoms with Gasteiger partial charge in [-0.15, -0.1) is 0 Å². The summed E-state index contributed by atoms with van der Waals surface area (Å²) < 4.78 is 16.5. The van der Waals surface area contributed by atoms with E-state index in [0.717, 1.165) is 28.9 Å². The Labute approximate surface area is 160 Å². The molecule has 2 N–H and O–H groups in total. The van der Waals surface area contributed by atoms with Crippen molar-refractivity contribution in [2.45, 2.75) is 71.8 Å². The van der Waals surface area contributed by atoms with E-state index in [1.165, 1.54) is 0 Å². The van der Waals surface area contributed by atoms with Gasteiger partial charge in [-0.2, -0.15) is 0 Å². The Balaban J connectivity index is 2.15. The van der Waals surface area contributed by atoms with E-state index in [1.807, 2.05) is 26.0 Å². The van der Waals surface area contributed by atoms with Crippen molar-refractivity contribution in [2.75, 3.05) is 6.61 Å². The van der Waals surface area contributed by atoms with Crippen LogP contribution in [0.2, 0.25) is 0 Å². The lowest BCUT2D eigenvalue weighted by Crippen LogP contribution is -2.32. The van der Waals surface area contributed by atoms with E-state index in [4.69, 9.17) is 14.2 Å². The molecule has 2 rings (SSSR count). The Morgan fingerprint density at radius 3 is 2.59 bits per heavy atom. The molecule has 0 saturated heterocycles. The summed E-state index contributed by atoms with van der Waals surface area (Å²) >= 11 is 0. The SMILES string of the molecule is CC(C)OC(Cc1cc2c(c(CNC(=O)OC(C)(C)C)c1)OCC2)C(=O)O. The monoisotopic (exact) mass is 379 g/mol. The van der Waals surface area contributed by atoms with Gasteiger partial charge >= 0.3 is 12.1 Å². The van der Waals surface area contributed by atoms with Crippen LogP contribution in [-0.2, 0) is 33.7 Å². The van der Waals surface area contributed by atoms with Gasteiger partial charge in [0.25, 0.3) is 0 Å². The van der Waals surface area contributed by atoms with Crippen LogP contribution in [0.5, 0.6) is 5.75 Å². The maximum absolute atomic E-state index is 11.9. The number of rotatable bonds is 7. The van der Waals surface area contributed by atoms with Gasteiger partial charge in [-0.1, -0.05) is 12.1 Å². The van der Waals surface area contributed by atoms with E-state index in [-0.39, 0.29) is 19.1 Å². The Hall–Kier alpha value is -2.28. The largest absolute Gasteiger partial charge is 0.493 e. The minimum Gasteiger partial charge on any atom is -0.493 e. The average molecular weight is 379 g/mol. The molecule has 1 atom stereocenters. The number of amides is 1. The molecule has 1 aromatic rings. The third-order valence-electron chi connectivity index (χ3n) is 3.88. The Kier molecular flexibility index (Phi) is 6.70. The lowest BCUT2D eigenvalue weighted by atomic mass is 9.99. The third-order valence-corrected chi connectivity index (χ3v) is 3.88. The Morgan fingerprint density at radius 2 is 2.00 bits per heavy atom. The second-order valence-electron chi connectivity index (χ2n) is 7.91. The number of carboxylic acids is 1. The summed E-state index contributed by atoms with van der Waals surface area (Å²) in [7, 11) is 0. The molecule has 7 heteroatoms. The smallest absolute Gasteiger partial charge is 0.407 e. The molecule has 150 valence electrons. The molecule has 0 aromatic heterocycles. The second kappa shape index (κ2) is 8.61. The number of alkyl carbamates (subject to hydrolysis) is 1. The van der Waals surface area contributed by atoms with Gasteiger partial charge in [-0.3, -0.25) is 0 Å². The maximum Gasteiger partial charge on any atom is 0.407 e. The van der Waals surface area contributed by atoms with Crippen molar-refractivity contribution >= 4 is 12.1 Å². The summed E-state index contributed by atoms with van der Waals surface area (Å²) in [6, 6.07) is 3.82. The van der Waals surface area contributed by atoms with Crippen LogP contribution in [-0.4, -0.2) is 41.6 Å². The Morgan fingerprint density at radius 1 is 1.30 bits per heavy atom. The topological polar surface area (TPSA) is 94.1 Å². The van der Waals surface area contributed by atoms with Gasteiger partial charge in [-0.25, -0.2) is 9.59 Å². The molecule has 1 aromatic carbocycles. The number of carbonyl (C=O) groups is 2. The van der Waals surface area contributed by atoms with Crippen LogP contribution in [0.15, 0.2) is 12.1 Å². The number of benzene rings is 1. The third kappa shape index (κ3) is 6.43. The van der Waals surface area contributed by atoms with Crippen LogP contribution < -0.4 is 10.1 Å². The van der Waals surface area contributed by atoms with E-state index >= 15 is 0 Å². The fraction of sp³-hybridized carbons (Fsp3) is 0.600. The zero-order valence-corrected chi connectivity index (χ0v) is 16.6. The first-order valence-corrected chi connectivity index (χ1v) is 9.17. The minimum atomic E-state index is -0.992. The highest BCUT2D eigenvalue weighted by Gasteiger charge is 2.24. The first-order valence-electron chi connectivity index (χ1n) is 9.17. The summed E-state index contributed by atoms with van der Waals surface area (Å²) in [5, 5.41) is 12.1. The average Bonchev–Trinajstić information content (AvgIpc) is 2.98. The summed E-state index contributed by atoms with van der Waals surface area (Å²) in [6.45, 7) is 9.83. The fourth-order valence-electron chi connectivity index (χ4n) is 2.93. The highest BCUT2D eigenvalue weighted by molar-refractivity contribution is 5.73. The van der Waals surface area contributed by atoms with Crippen molar-refractivity contribution < 1.29 is 28.9 Å². The molecule has 1 unspecified atom stereocenters. The summed E-state index contributed by atoms with van der Waals surface area (Å²) in [4.78, 5) is 23.4.